The number of fused-ring (bicyclic) bond motifs is 1. The number of hydrogen-bond acceptors (Lipinski definition) is 5. The second kappa shape index (κ2) is 8.71. The number of amides is 1. The third-order valence-corrected chi connectivity index (χ3v) is 6.61. The lowest BCUT2D eigenvalue weighted by atomic mass is 10.0. The largest absolute Gasteiger partial charge is 0.353 e. The molecule has 0 radical (unpaired) electrons. The Labute approximate surface area is 179 Å². The maximum Gasteiger partial charge on any atom is 0.253 e. The first-order valence-electron chi connectivity index (χ1n) is 9.89. The molecule has 1 aliphatic carbocycles. The molecule has 152 valence electrons. The summed E-state index contributed by atoms with van der Waals surface area (Å²) in [6, 6.07) is 8.16. The van der Waals surface area contributed by atoms with Gasteiger partial charge in [0.15, 0.2) is 0 Å². The van der Waals surface area contributed by atoms with Gasteiger partial charge in [0.25, 0.3) is 5.78 Å². The minimum Gasteiger partial charge on any atom is -0.353 e. The van der Waals surface area contributed by atoms with E-state index < -0.39 is 0 Å². The SMILES string of the molecule is Cc1nc2nc(SCC(=O)NC3CCCC3)nn2c(C)c1Cc1ccccc1Cl. The smallest absolute Gasteiger partial charge is 0.253 e. The van der Waals surface area contributed by atoms with Crippen LogP contribution in [0, 0.1) is 13.8 Å². The molecule has 3 aromatic rings. The number of nitrogens with one attached hydrogen (secondary N) is 1. The first kappa shape index (κ1) is 20.2. The summed E-state index contributed by atoms with van der Waals surface area (Å²) in [4.78, 5) is 21.3. The molecule has 1 aromatic carbocycles. The Morgan fingerprint density at radius 3 is 2.76 bits per heavy atom. The van der Waals surface area contributed by atoms with Crippen LogP contribution in [-0.4, -0.2) is 37.3 Å². The molecule has 1 aliphatic rings. The average Bonchev–Trinajstić information content (AvgIpc) is 3.34. The van der Waals surface area contributed by atoms with Crippen LogP contribution < -0.4 is 5.32 Å². The van der Waals surface area contributed by atoms with Gasteiger partial charge in [0.05, 0.1) is 5.75 Å². The summed E-state index contributed by atoms with van der Waals surface area (Å²) in [5, 5.41) is 8.98. The molecule has 0 saturated heterocycles. The molecule has 4 rings (SSSR count). The summed E-state index contributed by atoms with van der Waals surface area (Å²) in [6.07, 6.45) is 5.26. The Kier molecular flexibility index (Phi) is 6.06. The van der Waals surface area contributed by atoms with Gasteiger partial charge >= 0.3 is 0 Å². The third-order valence-electron chi connectivity index (χ3n) is 5.41. The van der Waals surface area contributed by atoms with Crippen molar-refractivity contribution >= 4 is 35.0 Å². The predicted octanol–water partition coefficient (Wildman–Crippen LogP) is 4.14. The molecular formula is C21H24ClN5OS. The Morgan fingerprint density at radius 2 is 2.00 bits per heavy atom. The number of rotatable bonds is 6. The van der Waals surface area contributed by atoms with Crippen molar-refractivity contribution < 1.29 is 4.79 Å². The number of aromatic nitrogens is 4. The van der Waals surface area contributed by atoms with Crippen LogP contribution in [-0.2, 0) is 11.2 Å². The second-order valence-electron chi connectivity index (χ2n) is 7.47. The van der Waals surface area contributed by atoms with Gasteiger partial charge in [-0.15, -0.1) is 5.10 Å². The third kappa shape index (κ3) is 4.56. The molecule has 8 heteroatoms. The Hall–Kier alpha value is -2.12. The monoisotopic (exact) mass is 429 g/mol. The first-order chi connectivity index (χ1) is 14.0. The van der Waals surface area contributed by atoms with E-state index in [1.54, 1.807) is 4.52 Å². The number of halogens is 1. The van der Waals surface area contributed by atoms with Crippen molar-refractivity contribution in [3.63, 3.8) is 0 Å². The van der Waals surface area contributed by atoms with Crippen molar-refractivity contribution in [1.82, 2.24) is 24.9 Å². The lowest BCUT2D eigenvalue weighted by molar-refractivity contribution is -0.119. The van der Waals surface area contributed by atoms with Gasteiger partial charge in [0.1, 0.15) is 0 Å². The summed E-state index contributed by atoms with van der Waals surface area (Å²) in [6.45, 7) is 4.00. The highest BCUT2D eigenvalue weighted by Crippen LogP contribution is 2.24. The van der Waals surface area contributed by atoms with Crippen molar-refractivity contribution in [1.29, 1.82) is 0 Å². The standard InChI is InChI=1S/C21H24ClN5OS/c1-13-17(11-15-7-3-6-10-18(15)22)14(2)27-20(23-13)25-21(26-27)29-12-19(28)24-16-8-4-5-9-16/h3,6-7,10,16H,4-5,8-9,11-12H2,1-2H3,(H,24,28). The zero-order chi connectivity index (χ0) is 20.4. The van der Waals surface area contributed by atoms with E-state index in [9.17, 15) is 4.79 Å². The van der Waals surface area contributed by atoms with E-state index in [4.69, 9.17) is 11.6 Å². The molecule has 0 bridgehead atoms. The minimum absolute atomic E-state index is 0.0426. The highest BCUT2D eigenvalue weighted by molar-refractivity contribution is 7.99. The van der Waals surface area contributed by atoms with Crippen LogP contribution in [0.25, 0.3) is 5.78 Å². The summed E-state index contributed by atoms with van der Waals surface area (Å²) >= 11 is 7.68. The van der Waals surface area contributed by atoms with Crippen LogP contribution in [0.2, 0.25) is 5.02 Å². The van der Waals surface area contributed by atoms with Crippen LogP contribution in [0.15, 0.2) is 29.4 Å². The lowest BCUT2D eigenvalue weighted by Crippen LogP contribution is -2.33. The maximum atomic E-state index is 12.2. The quantitative estimate of drug-likeness (QED) is 0.596. The summed E-state index contributed by atoms with van der Waals surface area (Å²) in [7, 11) is 0. The number of nitrogens with zero attached hydrogens (tertiary/aromatic N) is 4. The van der Waals surface area contributed by atoms with Gasteiger partial charge in [0.2, 0.25) is 11.1 Å². The number of thioether (sulfide) groups is 1. The van der Waals surface area contributed by atoms with Crippen molar-refractivity contribution in [2.24, 2.45) is 0 Å². The molecular weight excluding hydrogens is 406 g/mol. The number of aryl methyl sites for hydroxylation is 2. The molecule has 0 aliphatic heterocycles. The molecule has 6 nitrogen and oxygen atoms in total. The van der Waals surface area contributed by atoms with Gasteiger partial charge in [-0.1, -0.05) is 54.4 Å². The van der Waals surface area contributed by atoms with Crippen LogP contribution >= 0.6 is 23.4 Å². The van der Waals surface area contributed by atoms with Crippen molar-refractivity contribution in [3.8, 4) is 0 Å². The highest BCUT2D eigenvalue weighted by Gasteiger charge is 2.19. The zero-order valence-electron chi connectivity index (χ0n) is 16.6. The normalized spacial score (nSPS) is 14.6. The predicted molar refractivity (Wildman–Crippen MR) is 116 cm³/mol. The van der Waals surface area contributed by atoms with E-state index in [2.05, 4.69) is 20.4 Å². The number of hydrogen-bond donors (Lipinski definition) is 1. The summed E-state index contributed by atoms with van der Waals surface area (Å²) in [5.41, 5.74) is 4.05. The van der Waals surface area contributed by atoms with E-state index in [0.29, 0.717) is 29.1 Å². The Bertz CT molecular complexity index is 1040. The molecule has 1 saturated carbocycles. The summed E-state index contributed by atoms with van der Waals surface area (Å²) in [5.74, 6) is 0.917. The molecule has 0 spiro atoms. The molecule has 0 unspecified atom stereocenters. The zero-order valence-corrected chi connectivity index (χ0v) is 18.2. The molecule has 1 amide bonds. The van der Waals surface area contributed by atoms with Gasteiger partial charge in [-0.25, -0.2) is 9.50 Å². The Morgan fingerprint density at radius 1 is 1.24 bits per heavy atom. The Balaban J connectivity index is 1.50. The highest BCUT2D eigenvalue weighted by atomic mass is 35.5. The van der Waals surface area contributed by atoms with Gasteiger partial charge < -0.3 is 5.32 Å². The van der Waals surface area contributed by atoms with E-state index in [-0.39, 0.29) is 5.91 Å². The van der Waals surface area contributed by atoms with Crippen LogP contribution in [0.4, 0.5) is 0 Å². The topological polar surface area (TPSA) is 72.2 Å². The fourth-order valence-corrected chi connectivity index (χ4v) is 4.64. The molecule has 29 heavy (non-hydrogen) atoms. The van der Waals surface area contributed by atoms with E-state index in [1.807, 2.05) is 38.1 Å². The van der Waals surface area contributed by atoms with Crippen molar-refractivity contribution in [3.05, 3.63) is 51.8 Å². The lowest BCUT2D eigenvalue weighted by Gasteiger charge is -2.11. The molecule has 2 heterocycles. The van der Waals surface area contributed by atoms with Gasteiger partial charge in [-0.3, -0.25) is 4.79 Å². The van der Waals surface area contributed by atoms with Crippen LogP contribution in [0.1, 0.15) is 48.2 Å². The molecule has 2 aromatic heterocycles. The van der Waals surface area contributed by atoms with E-state index in [1.165, 1.54) is 24.6 Å². The molecule has 1 fully saturated rings. The fraction of sp³-hybridized carbons (Fsp3) is 0.429. The first-order valence-corrected chi connectivity index (χ1v) is 11.3. The second-order valence-corrected chi connectivity index (χ2v) is 8.82. The molecule has 1 N–H and O–H groups in total. The van der Waals surface area contributed by atoms with Crippen molar-refractivity contribution in [2.45, 2.75) is 57.1 Å². The van der Waals surface area contributed by atoms with Gasteiger partial charge in [-0.05, 0) is 43.9 Å². The van der Waals surface area contributed by atoms with Crippen LogP contribution in [0.5, 0.6) is 0 Å². The van der Waals surface area contributed by atoms with Gasteiger partial charge in [-0.2, -0.15) is 4.98 Å². The maximum absolute atomic E-state index is 12.2. The van der Waals surface area contributed by atoms with Crippen LogP contribution in [0.3, 0.4) is 0 Å². The van der Waals surface area contributed by atoms with Crippen molar-refractivity contribution in [2.75, 3.05) is 5.75 Å². The van der Waals surface area contributed by atoms with Gasteiger partial charge in [0, 0.05) is 28.9 Å². The van der Waals surface area contributed by atoms with E-state index in [0.717, 1.165) is 40.4 Å². The number of carbonyl (C=O) groups is 1. The minimum atomic E-state index is 0.0426. The van der Waals surface area contributed by atoms with E-state index >= 15 is 0 Å². The summed E-state index contributed by atoms with van der Waals surface area (Å²) < 4.78 is 1.76. The fourth-order valence-electron chi connectivity index (χ4n) is 3.81. The molecule has 0 atom stereocenters. The number of carbonyl (C=O) groups excluding carboxylic acids is 1. The number of benzene rings is 1. The average molecular weight is 430 g/mol.